The fourth-order valence-electron chi connectivity index (χ4n) is 1.37. The summed E-state index contributed by atoms with van der Waals surface area (Å²) in [5, 5.41) is 11.0. The second-order valence-corrected chi connectivity index (χ2v) is 8.57. The van der Waals surface area contributed by atoms with E-state index < -0.39 is 20.6 Å². The first kappa shape index (κ1) is 16.5. The van der Waals surface area contributed by atoms with Gasteiger partial charge in [0, 0.05) is 15.6 Å². The van der Waals surface area contributed by atoms with E-state index in [4.69, 9.17) is 23.2 Å². The lowest BCUT2D eigenvalue weighted by atomic mass is 10.3. The van der Waals surface area contributed by atoms with Crippen LogP contribution in [-0.2, 0) is 10.0 Å². The second kappa shape index (κ2) is 6.09. The van der Waals surface area contributed by atoms with Crippen LogP contribution in [0.1, 0.15) is 0 Å². The van der Waals surface area contributed by atoms with Crippen molar-refractivity contribution < 1.29 is 13.3 Å². The smallest absolute Gasteiger partial charge is 0.278 e. The lowest BCUT2D eigenvalue weighted by molar-refractivity contribution is -0.384. The van der Waals surface area contributed by atoms with E-state index in [0.29, 0.717) is 20.8 Å². The molecule has 0 amide bonds. The third-order valence-electron chi connectivity index (χ3n) is 2.28. The van der Waals surface area contributed by atoms with Crippen LogP contribution in [0.25, 0.3) is 0 Å². The van der Waals surface area contributed by atoms with Gasteiger partial charge in [-0.2, -0.15) is 0 Å². The number of nitrogens with zero attached hydrogens (tertiary/aromatic N) is 1. The fourth-order valence-corrected chi connectivity index (χ4v) is 4.75. The lowest BCUT2D eigenvalue weighted by Gasteiger charge is -2.08. The minimum absolute atomic E-state index is 0.203. The van der Waals surface area contributed by atoms with Crippen molar-refractivity contribution in [2.24, 2.45) is 0 Å². The normalized spacial score (nSPS) is 11.4. The quantitative estimate of drug-likeness (QED) is 0.568. The Balaban J connectivity index is 2.41. The summed E-state index contributed by atoms with van der Waals surface area (Å²) < 4.78 is 26.7. The molecule has 0 unspecified atom stereocenters. The molecule has 0 spiro atoms. The molecule has 0 aliphatic heterocycles. The zero-order valence-electron chi connectivity index (χ0n) is 9.84. The van der Waals surface area contributed by atoms with E-state index in [1.165, 1.54) is 6.07 Å². The highest BCUT2D eigenvalue weighted by molar-refractivity contribution is 9.10. The molecule has 1 N–H and O–H groups in total. The van der Waals surface area contributed by atoms with Crippen molar-refractivity contribution in [3.63, 3.8) is 0 Å². The van der Waals surface area contributed by atoms with Gasteiger partial charge in [0.05, 0.1) is 10.6 Å². The molecule has 0 radical (unpaired) electrons. The molecule has 0 bridgehead atoms. The van der Waals surface area contributed by atoms with Crippen molar-refractivity contribution in [2.75, 3.05) is 4.72 Å². The van der Waals surface area contributed by atoms with E-state index in [9.17, 15) is 18.5 Å². The Morgan fingerprint density at radius 2 is 1.95 bits per heavy atom. The van der Waals surface area contributed by atoms with Crippen molar-refractivity contribution in [3.8, 4) is 0 Å². The van der Waals surface area contributed by atoms with Gasteiger partial charge >= 0.3 is 0 Å². The van der Waals surface area contributed by atoms with Crippen molar-refractivity contribution in [2.45, 2.75) is 4.21 Å². The standard InChI is InChI=1S/C10H5BrCl2N2O4S2/c11-6-2-1-5(12)3-7(6)14-21(18,19)9-4-8(15(16)17)10(13)20-9/h1-4,14H. The zero-order valence-corrected chi connectivity index (χ0v) is 14.6. The number of thiophene rings is 1. The van der Waals surface area contributed by atoms with E-state index in [0.717, 1.165) is 6.07 Å². The van der Waals surface area contributed by atoms with Gasteiger partial charge in [0.15, 0.2) is 4.34 Å². The highest BCUT2D eigenvalue weighted by Gasteiger charge is 2.25. The van der Waals surface area contributed by atoms with Gasteiger partial charge in [0.25, 0.3) is 15.7 Å². The minimum Gasteiger partial charge on any atom is -0.278 e. The van der Waals surface area contributed by atoms with Gasteiger partial charge in [-0.25, -0.2) is 8.42 Å². The van der Waals surface area contributed by atoms with Crippen LogP contribution >= 0.6 is 50.5 Å². The van der Waals surface area contributed by atoms with Gasteiger partial charge in [0.1, 0.15) is 4.21 Å². The van der Waals surface area contributed by atoms with Crippen molar-refractivity contribution in [3.05, 3.63) is 48.2 Å². The SMILES string of the molecule is O=[N+]([O-])c1cc(S(=O)(=O)Nc2cc(Cl)ccc2Br)sc1Cl. The summed E-state index contributed by atoms with van der Waals surface area (Å²) in [6.07, 6.45) is 0. The molecule has 0 fully saturated rings. The molecule has 0 aliphatic carbocycles. The predicted molar refractivity (Wildman–Crippen MR) is 85.9 cm³/mol. The van der Waals surface area contributed by atoms with Gasteiger partial charge in [-0.3, -0.25) is 14.8 Å². The molecule has 11 heteroatoms. The topological polar surface area (TPSA) is 89.3 Å². The highest BCUT2D eigenvalue weighted by Crippen LogP contribution is 2.37. The third kappa shape index (κ3) is 3.67. The van der Waals surface area contributed by atoms with Gasteiger partial charge in [0.2, 0.25) is 0 Å². The summed E-state index contributed by atoms with van der Waals surface area (Å²) in [4.78, 5) is 9.96. The largest absolute Gasteiger partial charge is 0.300 e. The summed E-state index contributed by atoms with van der Waals surface area (Å²) in [5.74, 6) is 0. The number of sulfonamides is 1. The summed E-state index contributed by atoms with van der Waals surface area (Å²) in [6, 6.07) is 5.47. The number of hydrogen-bond donors (Lipinski definition) is 1. The molecular weight excluding hydrogens is 427 g/mol. The van der Waals surface area contributed by atoms with E-state index in [2.05, 4.69) is 20.7 Å². The maximum absolute atomic E-state index is 12.2. The van der Waals surface area contributed by atoms with Crippen LogP contribution in [0, 0.1) is 10.1 Å². The minimum atomic E-state index is -4.00. The molecule has 6 nitrogen and oxygen atoms in total. The van der Waals surface area contributed by atoms with Crippen molar-refractivity contribution in [1.82, 2.24) is 0 Å². The number of hydrogen-bond acceptors (Lipinski definition) is 5. The van der Waals surface area contributed by atoms with Crippen LogP contribution in [-0.4, -0.2) is 13.3 Å². The average molecular weight is 432 g/mol. The van der Waals surface area contributed by atoms with Gasteiger partial charge < -0.3 is 0 Å². The molecule has 1 aromatic carbocycles. The lowest BCUT2D eigenvalue weighted by Crippen LogP contribution is -2.11. The van der Waals surface area contributed by atoms with E-state index in [-0.39, 0.29) is 14.2 Å². The number of anilines is 1. The number of nitro groups is 1. The number of nitrogens with one attached hydrogen (secondary N) is 1. The van der Waals surface area contributed by atoms with Crippen LogP contribution in [0.3, 0.4) is 0 Å². The Labute approximate surface area is 142 Å². The molecule has 112 valence electrons. The molecule has 21 heavy (non-hydrogen) atoms. The Hall–Kier alpha value is -0.870. The Kier molecular flexibility index (Phi) is 4.79. The number of benzene rings is 1. The molecule has 2 rings (SSSR count). The second-order valence-electron chi connectivity index (χ2n) is 3.71. The van der Waals surface area contributed by atoms with Crippen molar-refractivity contribution >= 4 is 71.9 Å². The first-order valence-corrected chi connectivity index (χ1v) is 8.97. The molecule has 1 aromatic heterocycles. The molecule has 0 atom stereocenters. The first-order chi connectivity index (χ1) is 9.70. The monoisotopic (exact) mass is 430 g/mol. The van der Waals surface area contributed by atoms with E-state index in [1.807, 2.05) is 0 Å². The molecule has 0 saturated carbocycles. The number of halogens is 3. The zero-order chi connectivity index (χ0) is 15.8. The molecule has 0 saturated heterocycles. The van der Waals surface area contributed by atoms with Gasteiger partial charge in [-0.05, 0) is 34.1 Å². The van der Waals surface area contributed by atoms with E-state index in [1.54, 1.807) is 12.1 Å². The number of rotatable bonds is 4. The predicted octanol–water partition coefficient (Wildman–Crippen LogP) is 4.53. The van der Waals surface area contributed by atoms with Gasteiger partial charge in [-0.15, -0.1) is 11.3 Å². The highest BCUT2D eigenvalue weighted by atomic mass is 79.9. The maximum atomic E-state index is 12.2. The summed E-state index contributed by atoms with van der Waals surface area (Å²) in [5.41, 5.74) is -0.234. The van der Waals surface area contributed by atoms with Crippen LogP contribution in [0.5, 0.6) is 0 Å². The van der Waals surface area contributed by atoms with Crippen LogP contribution in [0.2, 0.25) is 9.36 Å². The molecule has 2 aromatic rings. The Morgan fingerprint density at radius 1 is 1.29 bits per heavy atom. The molecule has 1 heterocycles. The summed E-state index contributed by atoms with van der Waals surface area (Å²) in [7, 11) is -4.00. The molecular formula is C10H5BrCl2N2O4S2. The fraction of sp³-hybridized carbons (Fsp3) is 0. The Bertz CT molecular complexity index is 822. The van der Waals surface area contributed by atoms with Crippen LogP contribution in [0.15, 0.2) is 32.9 Å². The average Bonchev–Trinajstić information content (AvgIpc) is 2.77. The summed E-state index contributed by atoms with van der Waals surface area (Å²) >= 11 is 15.2. The maximum Gasteiger partial charge on any atom is 0.300 e. The van der Waals surface area contributed by atoms with Crippen molar-refractivity contribution in [1.29, 1.82) is 0 Å². The van der Waals surface area contributed by atoms with E-state index >= 15 is 0 Å². The van der Waals surface area contributed by atoms with Gasteiger partial charge in [-0.1, -0.05) is 23.2 Å². The first-order valence-electron chi connectivity index (χ1n) is 5.12. The molecule has 0 aliphatic rings. The Morgan fingerprint density at radius 3 is 2.52 bits per heavy atom. The summed E-state index contributed by atoms with van der Waals surface area (Å²) in [6.45, 7) is 0. The van der Waals surface area contributed by atoms with Crippen LogP contribution in [0.4, 0.5) is 11.4 Å². The van der Waals surface area contributed by atoms with Crippen LogP contribution < -0.4 is 4.72 Å². The third-order valence-corrected chi connectivity index (χ3v) is 6.38.